The van der Waals surface area contributed by atoms with Gasteiger partial charge in [0.25, 0.3) is 0 Å². The van der Waals surface area contributed by atoms with Crippen molar-refractivity contribution in [3.8, 4) is 0 Å². The van der Waals surface area contributed by atoms with Crippen LogP contribution in [0.25, 0.3) is 0 Å². The molecule has 1 aromatic carbocycles. The van der Waals surface area contributed by atoms with Crippen LogP contribution in [0.1, 0.15) is 32.3 Å². The molecule has 0 heterocycles. The molecule has 1 unspecified atom stereocenters. The van der Waals surface area contributed by atoms with Crippen LogP contribution in [0, 0.1) is 0 Å². The van der Waals surface area contributed by atoms with Crippen molar-refractivity contribution in [1.29, 1.82) is 0 Å². The van der Waals surface area contributed by atoms with Gasteiger partial charge in [-0.15, -0.1) is 11.8 Å². The lowest BCUT2D eigenvalue weighted by molar-refractivity contribution is -0.142. The zero-order valence-corrected chi connectivity index (χ0v) is 12.4. The van der Waals surface area contributed by atoms with Crippen LogP contribution in [0.2, 0.25) is 5.02 Å². The standard InChI is InChI=1S/C14H19ClO2S/c1-3-5-13(14(16)17-4-2)18-10-11-6-8-12(15)9-7-11/h6-9,13H,3-5,10H2,1-2H3. The average molecular weight is 287 g/mol. The average Bonchev–Trinajstić information content (AvgIpc) is 2.36. The van der Waals surface area contributed by atoms with Crippen molar-refractivity contribution in [2.75, 3.05) is 6.61 Å². The number of carbonyl (C=O) groups excluding carboxylic acids is 1. The van der Waals surface area contributed by atoms with Gasteiger partial charge in [-0.2, -0.15) is 0 Å². The SMILES string of the molecule is CCCC(SCc1ccc(Cl)cc1)C(=O)OCC. The molecule has 0 saturated heterocycles. The lowest BCUT2D eigenvalue weighted by atomic mass is 10.2. The van der Waals surface area contributed by atoms with E-state index in [1.165, 1.54) is 5.56 Å². The van der Waals surface area contributed by atoms with E-state index in [1.54, 1.807) is 11.8 Å². The Morgan fingerprint density at radius 2 is 2.00 bits per heavy atom. The van der Waals surface area contributed by atoms with Crippen LogP contribution in [-0.4, -0.2) is 17.8 Å². The Kier molecular flexibility index (Phi) is 7.21. The number of esters is 1. The lowest BCUT2D eigenvalue weighted by Crippen LogP contribution is -2.20. The van der Waals surface area contributed by atoms with Crippen molar-refractivity contribution in [2.45, 2.75) is 37.7 Å². The molecule has 0 aliphatic carbocycles. The maximum atomic E-state index is 11.7. The van der Waals surface area contributed by atoms with E-state index >= 15 is 0 Å². The van der Waals surface area contributed by atoms with Crippen LogP contribution in [-0.2, 0) is 15.3 Å². The Morgan fingerprint density at radius 1 is 1.33 bits per heavy atom. The van der Waals surface area contributed by atoms with E-state index in [0.717, 1.165) is 23.6 Å². The second-order valence-corrected chi connectivity index (χ2v) is 5.59. The molecule has 0 saturated carbocycles. The summed E-state index contributed by atoms with van der Waals surface area (Å²) in [6.07, 6.45) is 1.84. The summed E-state index contributed by atoms with van der Waals surface area (Å²) in [4.78, 5) is 11.7. The molecular formula is C14H19ClO2S. The summed E-state index contributed by atoms with van der Waals surface area (Å²) in [5.74, 6) is 0.707. The third-order valence-electron chi connectivity index (χ3n) is 2.46. The summed E-state index contributed by atoms with van der Waals surface area (Å²) in [5, 5.41) is 0.671. The number of benzene rings is 1. The van der Waals surface area contributed by atoms with E-state index in [9.17, 15) is 4.79 Å². The molecule has 0 aliphatic rings. The minimum absolute atomic E-state index is 0.0642. The maximum Gasteiger partial charge on any atom is 0.319 e. The quantitative estimate of drug-likeness (QED) is 0.699. The van der Waals surface area contributed by atoms with Crippen LogP contribution in [0.15, 0.2) is 24.3 Å². The minimum atomic E-state index is -0.0988. The number of carbonyl (C=O) groups is 1. The largest absolute Gasteiger partial charge is 0.465 e. The second kappa shape index (κ2) is 8.44. The first-order chi connectivity index (χ1) is 8.67. The maximum absolute atomic E-state index is 11.7. The molecule has 0 N–H and O–H groups in total. The van der Waals surface area contributed by atoms with Crippen molar-refractivity contribution in [3.63, 3.8) is 0 Å². The molecule has 18 heavy (non-hydrogen) atoms. The molecule has 0 fully saturated rings. The zero-order chi connectivity index (χ0) is 13.4. The van der Waals surface area contributed by atoms with Crippen molar-refractivity contribution in [1.82, 2.24) is 0 Å². The highest BCUT2D eigenvalue weighted by molar-refractivity contribution is 7.99. The zero-order valence-electron chi connectivity index (χ0n) is 10.8. The number of thioether (sulfide) groups is 1. The van der Waals surface area contributed by atoms with E-state index in [0.29, 0.717) is 6.61 Å². The first-order valence-corrected chi connectivity index (χ1v) is 7.62. The fraction of sp³-hybridized carbons (Fsp3) is 0.500. The summed E-state index contributed by atoms with van der Waals surface area (Å²) < 4.78 is 5.08. The molecule has 0 spiro atoms. The van der Waals surface area contributed by atoms with Crippen molar-refractivity contribution >= 4 is 29.3 Å². The number of hydrogen-bond acceptors (Lipinski definition) is 3. The number of hydrogen-bond donors (Lipinski definition) is 0. The van der Waals surface area contributed by atoms with Gasteiger partial charge < -0.3 is 4.74 Å². The van der Waals surface area contributed by atoms with Gasteiger partial charge in [0.2, 0.25) is 0 Å². The third-order valence-corrected chi connectivity index (χ3v) is 4.05. The van der Waals surface area contributed by atoms with Crippen LogP contribution < -0.4 is 0 Å². The van der Waals surface area contributed by atoms with Crippen LogP contribution in [0.3, 0.4) is 0 Å². The van der Waals surface area contributed by atoms with Gasteiger partial charge in [-0.1, -0.05) is 37.1 Å². The van der Waals surface area contributed by atoms with Crippen LogP contribution >= 0.6 is 23.4 Å². The molecule has 100 valence electrons. The van der Waals surface area contributed by atoms with Gasteiger partial charge in [-0.25, -0.2) is 0 Å². The Bertz CT molecular complexity index is 365. The fourth-order valence-corrected chi connectivity index (χ4v) is 2.86. The lowest BCUT2D eigenvalue weighted by Gasteiger charge is -2.14. The molecular weight excluding hydrogens is 268 g/mol. The van der Waals surface area contributed by atoms with Crippen molar-refractivity contribution in [3.05, 3.63) is 34.9 Å². The van der Waals surface area contributed by atoms with Gasteiger partial charge in [0.1, 0.15) is 5.25 Å². The molecule has 1 rings (SSSR count). The predicted octanol–water partition coefficient (Wildman–Crippen LogP) is 4.31. The fourth-order valence-electron chi connectivity index (χ4n) is 1.54. The van der Waals surface area contributed by atoms with Crippen LogP contribution in [0.5, 0.6) is 0 Å². The number of rotatable bonds is 7. The summed E-state index contributed by atoms with van der Waals surface area (Å²) in [5.41, 5.74) is 1.18. The normalized spacial score (nSPS) is 12.2. The Labute approximate surface area is 118 Å². The molecule has 2 nitrogen and oxygen atoms in total. The minimum Gasteiger partial charge on any atom is -0.465 e. The molecule has 0 aromatic heterocycles. The smallest absolute Gasteiger partial charge is 0.319 e. The van der Waals surface area contributed by atoms with E-state index in [-0.39, 0.29) is 11.2 Å². The Balaban J connectivity index is 2.51. The highest BCUT2D eigenvalue weighted by Crippen LogP contribution is 2.23. The topological polar surface area (TPSA) is 26.3 Å². The summed E-state index contributed by atoms with van der Waals surface area (Å²) in [7, 11) is 0. The molecule has 1 atom stereocenters. The third kappa shape index (κ3) is 5.32. The van der Waals surface area contributed by atoms with Gasteiger partial charge in [0, 0.05) is 10.8 Å². The van der Waals surface area contributed by atoms with Crippen LogP contribution in [0.4, 0.5) is 0 Å². The Morgan fingerprint density at radius 3 is 2.56 bits per heavy atom. The highest BCUT2D eigenvalue weighted by atomic mass is 35.5. The van der Waals surface area contributed by atoms with Crippen molar-refractivity contribution < 1.29 is 9.53 Å². The first kappa shape index (κ1) is 15.4. The summed E-state index contributed by atoms with van der Waals surface area (Å²) in [6, 6.07) is 7.72. The molecule has 0 bridgehead atoms. The molecule has 0 aliphatic heterocycles. The van der Waals surface area contributed by atoms with Gasteiger partial charge in [0.15, 0.2) is 0 Å². The van der Waals surface area contributed by atoms with E-state index in [4.69, 9.17) is 16.3 Å². The molecule has 0 amide bonds. The predicted molar refractivity (Wildman–Crippen MR) is 78.1 cm³/mol. The molecule has 4 heteroatoms. The Hall–Kier alpha value is -0.670. The molecule has 1 aromatic rings. The van der Waals surface area contributed by atoms with Gasteiger partial charge in [0.05, 0.1) is 6.61 Å². The van der Waals surface area contributed by atoms with Crippen molar-refractivity contribution in [2.24, 2.45) is 0 Å². The van der Waals surface area contributed by atoms with Gasteiger partial charge in [-0.05, 0) is 31.0 Å². The van der Waals surface area contributed by atoms with E-state index in [2.05, 4.69) is 6.92 Å². The molecule has 0 radical (unpaired) electrons. The number of halogens is 1. The van der Waals surface area contributed by atoms with Gasteiger partial charge in [-0.3, -0.25) is 4.79 Å². The second-order valence-electron chi connectivity index (χ2n) is 3.97. The van der Waals surface area contributed by atoms with Gasteiger partial charge >= 0.3 is 5.97 Å². The first-order valence-electron chi connectivity index (χ1n) is 6.20. The summed E-state index contributed by atoms with van der Waals surface area (Å²) >= 11 is 7.47. The van der Waals surface area contributed by atoms with E-state index < -0.39 is 0 Å². The monoisotopic (exact) mass is 286 g/mol. The van der Waals surface area contributed by atoms with E-state index in [1.807, 2.05) is 31.2 Å². The number of ether oxygens (including phenoxy) is 1. The summed E-state index contributed by atoms with van der Waals surface area (Å²) in [6.45, 7) is 4.36. The highest BCUT2D eigenvalue weighted by Gasteiger charge is 2.19.